The average Bonchev–Trinajstić information content (AvgIpc) is 2.42. The van der Waals surface area contributed by atoms with Crippen LogP contribution in [0.25, 0.3) is 0 Å². The highest BCUT2D eigenvalue weighted by Gasteiger charge is 2.04. The standard InChI is InChI=1S/C12H22Br2N2O3/c13-8-11(18)15-6-2-1-4-10(17)5-3-7-16-12(19)9-14/h10,17H,1-9H2,(H,15,18)(H,16,19). The molecule has 7 heteroatoms. The zero-order chi connectivity index (χ0) is 14.5. The predicted molar refractivity (Wildman–Crippen MR) is 82.7 cm³/mol. The van der Waals surface area contributed by atoms with E-state index in [1.165, 1.54) is 0 Å². The van der Waals surface area contributed by atoms with Crippen LogP contribution in [0.15, 0.2) is 0 Å². The Hall–Kier alpha value is -0.140. The lowest BCUT2D eigenvalue weighted by Gasteiger charge is -2.10. The van der Waals surface area contributed by atoms with Crippen molar-refractivity contribution in [1.29, 1.82) is 0 Å². The third-order valence-corrected chi connectivity index (χ3v) is 3.58. The van der Waals surface area contributed by atoms with Gasteiger partial charge in [-0.1, -0.05) is 31.9 Å². The maximum Gasteiger partial charge on any atom is 0.230 e. The Kier molecular flexibility index (Phi) is 12.8. The van der Waals surface area contributed by atoms with E-state index < -0.39 is 0 Å². The number of rotatable bonds is 11. The zero-order valence-corrected chi connectivity index (χ0v) is 14.1. The van der Waals surface area contributed by atoms with E-state index >= 15 is 0 Å². The van der Waals surface area contributed by atoms with E-state index in [-0.39, 0.29) is 17.9 Å². The summed E-state index contributed by atoms with van der Waals surface area (Å²) in [6.07, 6.45) is 3.63. The van der Waals surface area contributed by atoms with Crippen LogP contribution in [0.4, 0.5) is 0 Å². The lowest BCUT2D eigenvalue weighted by molar-refractivity contribution is -0.119. The number of carbonyl (C=O) groups excluding carboxylic acids is 2. The van der Waals surface area contributed by atoms with Crippen LogP contribution in [0.2, 0.25) is 0 Å². The highest BCUT2D eigenvalue weighted by Crippen LogP contribution is 2.06. The molecule has 0 radical (unpaired) electrons. The first-order valence-corrected chi connectivity index (χ1v) is 8.67. The summed E-state index contributed by atoms with van der Waals surface area (Å²) in [5, 5.41) is 15.8. The van der Waals surface area contributed by atoms with Gasteiger partial charge in [0.15, 0.2) is 0 Å². The Morgan fingerprint density at radius 2 is 1.37 bits per heavy atom. The molecule has 0 saturated carbocycles. The highest BCUT2D eigenvalue weighted by atomic mass is 79.9. The topological polar surface area (TPSA) is 78.4 Å². The van der Waals surface area contributed by atoms with Gasteiger partial charge < -0.3 is 15.7 Å². The van der Waals surface area contributed by atoms with E-state index in [2.05, 4.69) is 42.5 Å². The number of alkyl halides is 2. The smallest absolute Gasteiger partial charge is 0.230 e. The zero-order valence-electron chi connectivity index (χ0n) is 11.0. The summed E-state index contributed by atoms with van der Waals surface area (Å²) in [6.45, 7) is 1.25. The van der Waals surface area contributed by atoms with Crippen molar-refractivity contribution >= 4 is 43.7 Å². The second kappa shape index (κ2) is 12.9. The summed E-state index contributed by atoms with van der Waals surface area (Å²) < 4.78 is 0. The van der Waals surface area contributed by atoms with Gasteiger partial charge in [-0.3, -0.25) is 9.59 Å². The van der Waals surface area contributed by atoms with Gasteiger partial charge in [0.1, 0.15) is 0 Å². The van der Waals surface area contributed by atoms with Crippen molar-refractivity contribution in [1.82, 2.24) is 10.6 Å². The van der Waals surface area contributed by atoms with Gasteiger partial charge in [0.05, 0.1) is 16.8 Å². The number of carbonyl (C=O) groups is 2. The highest BCUT2D eigenvalue weighted by molar-refractivity contribution is 9.09. The lowest BCUT2D eigenvalue weighted by Crippen LogP contribution is -2.26. The second-order valence-corrected chi connectivity index (χ2v) is 5.38. The number of halogens is 2. The molecule has 0 aromatic heterocycles. The van der Waals surface area contributed by atoms with Crippen molar-refractivity contribution in [2.45, 2.75) is 38.2 Å². The van der Waals surface area contributed by atoms with Crippen LogP contribution in [0.5, 0.6) is 0 Å². The van der Waals surface area contributed by atoms with E-state index in [1.807, 2.05) is 0 Å². The molecule has 2 amide bonds. The maximum atomic E-state index is 10.9. The van der Waals surface area contributed by atoms with Crippen molar-refractivity contribution in [2.75, 3.05) is 23.7 Å². The van der Waals surface area contributed by atoms with Crippen LogP contribution >= 0.6 is 31.9 Å². The minimum atomic E-state index is -0.326. The molecule has 0 aliphatic rings. The molecular formula is C12H22Br2N2O3. The third kappa shape index (κ3) is 12.6. The van der Waals surface area contributed by atoms with Crippen molar-refractivity contribution in [2.24, 2.45) is 0 Å². The first-order chi connectivity index (χ1) is 9.10. The molecule has 0 aromatic carbocycles. The fraction of sp³-hybridized carbons (Fsp3) is 0.833. The molecule has 3 N–H and O–H groups in total. The minimum absolute atomic E-state index is 0.0110. The summed E-state index contributed by atoms with van der Waals surface area (Å²) in [6, 6.07) is 0. The van der Waals surface area contributed by atoms with Crippen LogP contribution in [-0.2, 0) is 9.59 Å². The number of hydrogen-bond acceptors (Lipinski definition) is 3. The Morgan fingerprint density at radius 3 is 1.89 bits per heavy atom. The summed E-state index contributed by atoms with van der Waals surface area (Å²) in [7, 11) is 0. The fourth-order valence-electron chi connectivity index (χ4n) is 1.54. The van der Waals surface area contributed by atoms with E-state index in [1.54, 1.807) is 0 Å². The van der Waals surface area contributed by atoms with Crippen LogP contribution < -0.4 is 10.6 Å². The van der Waals surface area contributed by atoms with Crippen LogP contribution in [0.1, 0.15) is 32.1 Å². The first kappa shape index (κ1) is 18.9. The van der Waals surface area contributed by atoms with Crippen LogP contribution in [0.3, 0.4) is 0 Å². The SMILES string of the molecule is O=C(CBr)NCCCCC(O)CCCNC(=O)CBr. The summed E-state index contributed by atoms with van der Waals surface area (Å²) >= 11 is 6.14. The molecule has 0 bridgehead atoms. The predicted octanol–water partition coefficient (Wildman–Crippen LogP) is 1.32. The molecule has 0 rings (SSSR count). The molecule has 0 saturated heterocycles. The second-order valence-electron chi connectivity index (χ2n) is 4.26. The third-order valence-electron chi connectivity index (χ3n) is 2.57. The maximum absolute atomic E-state index is 10.9. The molecule has 0 aromatic rings. The van der Waals surface area contributed by atoms with Crippen LogP contribution in [-0.4, -0.2) is 46.8 Å². The largest absolute Gasteiger partial charge is 0.393 e. The molecule has 1 atom stereocenters. The molecule has 1 unspecified atom stereocenters. The Balaban J connectivity index is 3.32. The van der Waals surface area contributed by atoms with Gasteiger partial charge in [-0.05, 0) is 32.1 Å². The lowest BCUT2D eigenvalue weighted by atomic mass is 10.1. The molecular weight excluding hydrogens is 380 g/mol. The molecule has 5 nitrogen and oxygen atoms in total. The molecule has 0 aliphatic carbocycles. The Labute approximate surface area is 131 Å². The van der Waals surface area contributed by atoms with Crippen molar-refractivity contribution in [3.63, 3.8) is 0 Å². The van der Waals surface area contributed by atoms with Gasteiger partial charge in [-0.25, -0.2) is 0 Å². The molecule has 112 valence electrons. The number of unbranched alkanes of at least 4 members (excludes halogenated alkanes) is 1. The summed E-state index contributed by atoms with van der Waals surface area (Å²) in [4.78, 5) is 21.8. The van der Waals surface area contributed by atoms with Crippen LogP contribution in [0, 0.1) is 0 Å². The number of nitrogens with one attached hydrogen (secondary N) is 2. The van der Waals surface area contributed by atoms with E-state index in [0.29, 0.717) is 30.2 Å². The summed E-state index contributed by atoms with van der Waals surface area (Å²) in [5.41, 5.74) is 0. The summed E-state index contributed by atoms with van der Waals surface area (Å²) in [5.74, 6) is -0.0416. The van der Waals surface area contributed by atoms with Gasteiger partial charge in [0.25, 0.3) is 0 Å². The van der Waals surface area contributed by atoms with E-state index in [4.69, 9.17) is 0 Å². The van der Waals surface area contributed by atoms with E-state index in [9.17, 15) is 14.7 Å². The number of amides is 2. The van der Waals surface area contributed by atoms with Gasteiger partial charge in [0, 0.05) is 13.1 Å². The molecule has 0 spiro atoms. The molecule has 0 fully saturated rings. The van der Waals surface area contributed by atoms with Crippen molar-refractivity contribution in [3.05, 3.63) is 0 Å². The molecule has 0 aliphatic heterocycles. The minimum Gasteiger partial charge on any atom is -0.393 e. The van der Waals surface area contributed by atoms with Gasteiger partial charge in [0.2, 0.25) is 11.8 Å². The molecule has 0 heterocycles. The van der Waals surface area contributed by atoms with Crippen molar-refractivity contribution in [3.8, 4) is 0 Å². The fourth-order valence-corrected chi connectivity index (χ4v) is 1.93. The van der Waals surface area contributed by atoms with E-state index in [0.717, 1.165) is 25.7 Å². The number of aliphatic hydroxyl groups excluding tert-OH is 1. The normalized spacial score (nSPS) is 11.9. The quantitative estimate of drug-likeness (QED) is 0.361. The number of aliphatic hydroxyl groups is 1. The monoisotopic (exact) mass is 400 g/mol. The van der Waals surface area contributed by atoms with Gasteiger partial charge >= 0.3 is 0 Å². The van der Waals surface area contributed by atoms with Gasteiger partial charge in [-0.15, -0.1) is 0 Å². The number of hydrogen-bond donors (Lipinski definition) is 3. The Bertz CT molecular complexity index is 265. The average molecular weight is 402 g/mol. The van der Waals surface area contributed by atoms with Crippen molar-refractivity contribution < 1.29 is 14.7 Å². The first-order valence-electron chi connectivity index (χ1n) is 6.43. The Morgan fingerprint density at radius 1 is 0.895 bits per heavy atom. The van der Waals surface area contributed by atoms with Gasteiger partial charge in [-0.2, -0.15) is 0 Å². The molecule has 19 heavy (non-hydrogen) atoms.